The molecule has 0 atom stereocenters. The molecule has 0 aromatic heterocycles. The second-order valence-electron chi connectivity index (χ2n) is 1.39. The zero-order valence-electron chi connectivity index (χ0n) is 4.09. The third-order valence-corrected chi connectivity index (χ3v) is 0.828. The zero-order valence-corrected chi connectivity index (χ0v) is 4.09. The zero-order chi connectivity index (χ0) is 5.98. The molecule has 0 spiro atoms. The number of hydrogen-bond acceptors (Lipinski definition) is 1. The largest absolute Gasteiger partial charge is 0.477 e. The summed E-state index contributed by atoms with van der Waals surface area (Å²) in [6, 6.07) is 0. The molecule has 0 fully saturated rings. The van der Waals surface area contributed by atoms with E-state index in [-0.39, 0.29) is 5.57 Å². The van der Waals surface area contributed by atoms with Gasteiger partial charge in [-0.15, -0.1) is 5.73 Å². The summed E-state index contributed by atoms with van der Waals surface area (Å²) >= 11 is 0. The molecule has 0 bridgehead atoms. The Bertz CT molecular complexity index is 205. The van der Waals surface area contributed by atoms with E-state index in [2.05, 4.69) is 5.73 Å². The third-order valence-electron chi connectivity index (χ3n) is 0.828. The van der Waals surface area contributed by atoms with Gasteiger partial charge in [-0.2, -0.15) is 0 Å². The fourth-order valence-electron chi connectivity index (χ4n) is 0.463. The molecule has 1 rings (SSSR count). The number of allylic oxidation sites excluding steroid dienone is 1. The van der Waals surface area contributed by atoms with Gasteiger partial charge in [0.15, 0.2) is 0 Å². The van der Waals surface area contributed by atoms with Crippen molar-refractivity contribution in [2.75, 3.05) is 0 Å². The topological polar surface area (TPSA) is 37.3 Å². The fourth-order valence-corrected chi connectivity index (χ4v) is 0.463. The van der Waals surface area contributed by atoms with Crippen molar-refractivity contribution in [1.29, 1.82) is 0 Å². The Hall–Kier alpha value is -1.27. The molecule has 0 saturated carbocycles. The number of carboxylic acids is 1. The second-order valence-corrected chi connectivity index (χ2v) is 1.39. The smallest absolute Gasteiger partial charge is 0.343 e. The molecule has 0 unspecified atom stereocenters. The van der Waals surface area contributed by atoms with E-state index < -0.39 is 5.97 Å². The predicted molar refractivity (Wildman–Crippen MR) is 28.4 cm³/mol. The van der Waals surface area contributed by atoms with Crippen LogP contribution in [-0.2, 0) is 4.79 Å². The maximum absolute atomic E-state index is 10.0. The molecule has 0 amide bonds. The van der Waals surface area contributed by atoms with Crippen LogP contribution < -0.4 is 0 Å². The van der Waals surface area contributed by atoms with Crippen molar-refractivity contribution in [3.8, 4) is 0 Å². The minimum atomic E-state index is -0.921. The first-order valence-corrected chi connectivity index (χ1v) is 2.17. The fraction of sp³-hybridized carbons (Fsp3) is 0. The lowest BCUT2D eigenvalue weighted by molar-refractivity contribution is -0.132. The quantitative estimate of drug-likeness (QED) is 0.502. The van der Waals surface area contributed by atoms with E-state index in [1.165, 1.54) is 6.08 Å². The second kappa shape index (κ2) is 1.68. The number of rotatable bonds is 1. The van der Waals surface area contributed by atoms with Crippen molar-refractivity contribution in [3.05, 3.63) is 29.5 Å². The molecular weight excluding hydrogens is 104 g/mol. The molecule has 1 N–H and O–H groups in total. The first kappa shape index (κ1) is 4.88. The molecule has 0 radical (unpaired) electrons. The molecule has 0 heterocycles. The van der Waals surface area contributed by atoms with E-state index in [0.29, 0.717) is 0 Å². The van der Waals surface area contributed by atoms with Gasteiger partial charge in [-0.25, -0.2) is 4.79 Å². The standard InChI is InChI=1S/C6H4O2/c7-6(8)5-3-1-2-4-5/h1-3H,(H,7,8). The van der Waals surface area contributed by atoms with Crippen LogP contribution in [-0.4, -0.2) is 11.1 Å². The predicted octanol–water partition coefficient (Wildman–Crippen LogP) is 0.722. The summed E-state index contributed by atoms with van der Waals surface area (Å²) in [7, 11) is 0. The summed E-state index contributed by atoms with van der Waals surface area (Å²) in [5.74, 6) is -0.921. The van der Waals surface area contributed by atoms with Crippen LogP contribution in [0.3, 0.4) is 0 Å². The van der Waals surface area contributed by atoms with Gasteiger partial charge in [0, 0.05) is 0 Å². The average molecular weight is 108 g/mol. The number of hydrogen-bond donors (Lipinski definition) is 1. The number of aliphatic carboxylic acids is 1. The van der Waals surface area contributed by atoms with Gasteiger partial charge in [-0.1, -0.05) is 6.08 Å². The molecule has 1 aliphatic carbocycles. The molecule has 2 heteroatoms. The minimum Gasteiger partial charge on any atom is -0.477 e. The Labute approximate surface area is 46.4 Å². The highest BCUT2D eigenvalue weighted by Crippen LogP contribution is 1.99. The summed E-state index contributed by atoms with van der Waals surface area (Å²) in [6.45, 7) is 0. The highest BCUT2D eigenvalue weighted by atomic mass is 16.4. The maximum Gasteiger partial charge on any atom is 0.343 e. The Morgan fingerprint density at radius 2 is 2.50 bits per heavy atom. The highest BCUT2D eigenvalue weighted by molar-refractivity contribution is 5.90. The first-order chi connectivity index (χ1) is 3.80. The van der Waals surface area contributed by atoms with Gasteiger partial charge in [0.2, 0.25) is 0 Å². The summed E-state index contributed by atoms with van der Waals surface area (Å²) < 4.78 is 0. The van der Waals surface area contributed by atoms with Crippen molar-refractivity contribution >= 4 is 5.97 Å². The Balaban J connectivity index is 2.90. The summed E-state index contributed by atoms with van der Waals surface area (Å²) in [6.07, 6.45) is 4.72. The van der Waals surface area contributed by atoms with E-state index in [4.69, 9.17) is 5.11 Å². The van der Waals surface area contributed by atoms with E-state index in [1.807, 2.05) is 0 Å². The SMILES string of the molecule is O=C(O)C1=C=CC=C1. The van der Waals surface area contributed by atoms with Crippen LogP contribution in [0.2, 0.25) is 0 Å². The van der Waals surface area contributed by atoms with Crippen molar-refractivity contribution < 1.29 is 9.90 Å². The van der Waals surface area contributed by atoms with Gasteiger partial charge < -0.3 is 5.11 Å². The lowest BCUT2D eigenvalue weighted by Crippen LogP contribution is -1.93. The normalized spacial score (nSPS) is 14.2. The molecule has 1 aliphatic rings. The average Bonchev–Trinajstić information content (AvgIpc) is 2.12. The number of carboxylic acid groups (broad SMARTS) is 1. The molecule has 2 nitrogen and oxygen atoms in total. The van der Waals surface area contributed by atoms with Crippen LogP contribution >= 0.6 is 0 Å². The van der Waals surface area contributed by atoms with Crippen LogP contribution in [0.4, 0.5) is 0 Å². The van der Waals surface area contributed by atoms with Crippen LogP contribution in [0.25, 0.3) is 0 Å². The van der Waals surface area contributed by atoms with Gasteiger partial charge in [0.05, 0.1) is 0 Å². The van der Waals surface area contributed by atoms with Crippen molar-refractivity contribution in [2.24, 2.45) is 0 Å². The lowest BCUT2D eigenvalue weighted by atomic mass is 10.3. The molecular formula is C6H4O2. The molecule has 0 aromatic rings. The monoisotopic (exact) mass is 108 g/mol. The Morgan fingerprint density at radius 1 is 1.75 bits per heavy atom. The molecule has 0 saturated heterocycles. The maximum atomic E-state index is 10.0. The molecule has 8 heavy (non-hydrogen) atoms. The van der Waals surface area contributed by atoms with Gasteiger partial charge in [-0.05, 0) is 12.2 Å². The van der Waals surface area contributed by atoms with Gasteiger partial charge in [-0.3, -0.25) is 0 Å². The van der Waals surface area contributed by atoms with Crippen LogP contribution in [0.1, 0.15) is 0 Å². The molecule has 40 valence electrons. The van der Waals surface area contributed by atoms with Crippen LogP contribution in [0.15, 0.2) is 29.5 Å². The number of carbonyl (C=O) groups is 1. The Kier molecular flexibility index (Phi) is 1.03. The highest BCUT2D eigenvalue weighted by Gasteiger charge is 2.01. The van der Waals surface area contributed by atoms with E-state index in [1.54, 1.807) is 12.2 Å². The lowest BCUT2D eigenvalue weighted by Gasteiger charge is -1.80. The third kappa shape index (κ3) is 0.695. The minimum absolute atomic E-state index is 0.227. The van der Waals surface area contributed by atoms with Gasteiger partial charge >= 0.3 is 5.97 Å². The molecule has 0 aromatic carbocycles. The van der Waals surface area contributed by atoms with Crippen molar-refractivity contribution in [2.45, 2.75) is 0 Å². The van der Waals surface area contributed by atoms with Gasteiger partial charge in [0.1, 0.15) is 5.57 Å². The van der Waals surface area contributed by atoms with E-state index in [0.717, 1.165) is 0 Å². The molecule has 0 aliphatic heterocycles. The van der Waals surface area contributed by atoms with Crippen molar-refractivity contribution in [1.82, 2.24) is 0 Å². The van der Waals surface area contributed by atoms with E-state index >= 15 is 0 Å². The summed E-state index contributed by atoms with van der Waals surface area (Å²) in [5.41, 5.74) is 2.76. The van der Waals surface area contributed by atoms with Crippen LogP contribution in [0.5, 0.6) is 0 Å². The van der Waals surface area contributed by atoms with Gasteiger partial charge in [0.25, 0.3) is 0 Å². The van der Waals surface area contributed by atoms with Crippen LogP contribution in [0, 0.1) is 0 Å². The first-order valence-electron chi connectivity index (χ1n) is 2.17. The van der Waals surface area contributed by atoms with E-state index in [9.17, 15) is 4.79 Å². The van der Waals surface area contributed by atoms with Crippen molar-refractivity contribution in [3.63, 3.8) is 0 Å². The Morgan fingerprint density at radius 3 is 2.75 bits per heavy atom. The summed E-state index contributed by atoms with van der Waals surface area (Å²) in [4.78, 5) is 10.0. The summed E-state index contributed by atoms with van der Waals surface area (Å²) in [5, 5.41) is 8.24.